The highest BCUT2D eigenvalue weighted by Gasteiger charge is 2.30. The zero-order valence-electron chi connectivity index (χ0n) is 16.4. The molecule has 2 saturated heterocycles. The summed E-state index contributed by atoms with van der Waals surface area (Å²) in [5, 5.41) is 8.71. The number of anilines is 1. The molecule has 2 aliphatic rings. The summed E-state index contributed by atoms with van der Waals surface area (Å²) in [6.45, 7) is 5.96. The second kappa shape index (κ2) is 8.96. The van der Waals surface area contributed by atoms with Gasteiger partial charge in [0.2, 0.25) is 5.91 Å². The summed E-state index contributed by atoms with van der Waals surface area (Å²) in [7, 11) is 1.90. The van der Waals surface area contributed by atoms with Crippen LogP contribution in [0.15, 0.2) is 41.8 Å². The summed E-state index contributed by atoms with van der Waals surface area (Å²) >= 11 is 1.47. The fraction of sp³-hybridized carbons (Fsp3) is 0.550. The molecule has 0 radical (unpaired) electrons. The van der Waals surface area contributed by atoms with Gasteiger partial charge in [-0.05, 0) is 25.0 Å². The lowest BCUT2D eigenvalue weighted by Crippen LogP contribution is -2.56. The third kappa shape index (κ3) is 4.50. The second-order valence-corrected chi connectivity index (χ2v) is 8.45. The Bertz CT molecular complexity index is 774. The minimum atomic E-state index is 0.209. The molecule has 2 aromatic rings. The van der Waals surface area contributed by atoms with Crippen molar-refractivity contribution in [3.63, 3.8) is 0 Å². The lowest BCUT2D eigenvalue weighted by Gasteiger charge is -2.44. The SMILES string of the molecule is Cn1cnnc1SCC(=O)N1CCC[C@H](N2CCN(c3ccccc3)CC2)C1. The number of hydrogen-bond donors (Lipinski definition) is 0. The molecule has 2 fully saturated rings. The topological polar surface area (TPSA) is 57.5 Å². The molecule has 28 heavy (non-hydrogen) atoms. The van der Waals surface area contributed by atoms with E-state index in [-0.39, 0.29) is 5.91 Å². The molecule has 1 aromatic heterocycles. The van der Waals surface area contributed by atoms with Gasteiger partial charge in [0, 0.05) is 58.0 Å². The number of piperidine rings is 1. The number of hydrogen-bond acceptors (Lipinski definition) is 6. The van der Waals surface area contributed by atoms with Gasteiger partial charge in [-0.3, -0.25) is 9.69 Å². The van der Waals surface area contributed by atoms with Crippen LogP contribution in [-0.4, -0.2) is 81.5 Å². The molecule has 0 bridgehead atoms. The van der Waals surface area contributed by atoms with Crippen LogP contribution in [-0.2, 0) is 11.8 Å². The van der Waals surface area contributed by atoms with Crippen molar-refractivity contribution in [1.82, 2.24) is 24.6 Å². The summed E-state index contributed by atoms with van der Waals surface area (Å²) in [5.74, 6) is 0.640. The molecule has 4 rings (SSSR count). The van der Waals surface area contributed by atoms with Crippen LogP contribution in [0.2, 0.25) is 0 Å². The average Bonchev–Trinajstić information content (AvgIpc) is 3.17. The highest BCUT2D eigenvalue weighted by molar-refractivity contribution is 7.99. The molecule has 2 aliphatic heterocycles. The minimum absolute atomic E-state index is 0.209. The van der Waals surface area contributed by atoms with Gasteiger partial charge < -0.3 is 14.4 Å². The summed E-state index contributed by atoms with van der Waals surface area (Å²) in [5.41, 5.74) is 1.31. The predicted octanol–water partition coefficient (Wildman–Crippen LogP) is 1.72. The van der Waals surface area contributed by atoms with Gasteiger partial charge in [0.05, 0.1) is 5.75 Å². The van der Waals surface area contributed by atoms with Gasteiger partial charge in [-0.1, -0.05) is 30.0 Å². The smallest absolute Gasteiger partial charge is 0.233 e. The minimum Gasteiger partial charge on any atom is -0.369 e. The molecule has 0 spiro atoms. The number of amides is 1. The molecule has 0 unspecified atom stereocenters. The van der Waals surface area contributed by atoms with Crippen molar-refractivity contribution in [3.8, 4) is 0 Å². The third-order valence-electron chi connectivity index (χ3n) is 5.70. The van der Waals surface area contributed by atoms with Crippen molar-refractivity contribution in [3.05, 3.63) is 36.7 Å². The lowest BCUT2D eigenvalue weighted by atomic mass is 10.0. The molecule has 8 heteroatoms. The van der Waals surface area contributed by atoms with E-state index in [9.17, 15) is 4.79 Å². The van der Waals surface area contributed by atoms with Gasteiger partial charge in [0.1, 0.15) is 6.33 Å². The van der Waals surface area contributed by atoms with E-state index in [2.05, 4.69) is 50.3 Å². The van der Waals surface area contributed by atoms with E-state index in [1.807, 2.05) is 16.5 Å². The number of para-hydroxylation sites is 1. The van der Waals surface area contributed by atoms with Crippen LogP contribution >= 0.6 is 11.8 Å². The highest BCUT2D eigenvalue weighted by Crippen LogP contribution is 2.22. The summed E-state index contributed by atoms with van der Waals surface area (Å²) < 4.78 is 1.85. The number of aromatic nitrogens is 3. The maximum Gasteiger partial charge on any atom is 0.233 e. The van der Waals surface area contributed by atoms with E-state index < -0.39 is 0 Å². The number of carbonyl (C=O) groups is 1. The van der Waals surface area contributed by atoms with Gasteiger partial charge >= 0.3 is 0 Å². The maximum atomic E-state index is 12.7. The van der Waals surface area contributed by atoms with Gasteiger partial charge in [0.15, 0.2) is 5.16 Å². The largest absolute Gasteiger partial charge is 0.369 e. The van der Waals surface area contributed by atoms with Gasteiger partial charge in [-0.25, -0.2) is 0 Å². The van der Waals surface area contributed by atoms with Crippen molar-refractivity contribution in [2.45, 2.75) is 24.0 Å². The van der Waals surface area contributed by atoms with Crippen molar-refractivity contribution >= 4 is 23.4 Å². The number of nitrogens with zero attached hydrogens (tertiary/aromatic N) is 6. The number of aryl methyl sites for hydroxylation is 1. The quantitative estimate of drug-likeness (QED) is 0.713. The van der Waals surface area contributed by atoms with Crippen LogP contribution in [0.4, 0.5) is 5.69 Å². The normalized spacial score (nSPS) is 21.1. The Kier molecular flexibility index (Phi) is 6.17. The number of carbonyl (C=O) groups excluding carboxylic acids is 1. The standard InChI is InChI=1S/C20H28N6OS/c1-23-16-21-22-20(23)28-15-19(27)26-9-5-8-18(14-26)25-12-10-24(11-13-25)17-6-3-2-4-7-17/h2-4,6-7,16,18H,5,8-15H2,1H3/t18-/m0/s1. The highest BCUT2D eigenvalue weighted by atomic mass is 32.2. The molecule has 0 aliphatic carbocycles. The molecule has 1 amide bonds. The average molecular weight is 401 g/mol. The number of piperazine rings is 1. The van der Waals surface area contributed by atoms with Crippen LogP contribution in [0, 0.1) is 0 Å². The molecular weight excluding hydrogens is 372 g/mol. The van der Waals surface area contributed by atoms with E-state index in [1.165, 1.54) is 23.9 Å². The summed E-state index contributed by atoms with van der Waals surface area (Å²) in [4.78, 5) is 19.8. The van der Waals surface area contributed by atoms with Crippen LogP contribution in [0.1, 0.15) is 12.8 Å². The van der Waals surface area contributed by atoms with E-state index in [0.29, 0.717) is 11.8 Å². The Morgan fingerprint density at radius 3 is 2.64 bits per heavy atom. The first-order valence-corrected chi connectivity index (χ1v) is 11.0. The van der Waals surface area contributed by atoms with E-state index >= 15 is 0 Å². The molecule has 0 saturated carbocycles. The molecule has 150 valence electrons. The fourth-order valence-corrected chi connectivity index (χ4v) is 4.88. The van der Waals surface area contributed by atoms with Gasteiger partial charge in [-0.15, -0.1) is 10.2 Å². The molecule has 1 aromatic carbocycles. The van der Waals surface area contributed by atoms with Crippen molar-refractivity contribution in [1.29, 1.82) is 0 Å². The van der Waals surface area contributed by atoms with E-state index in [4.69, 9.17) is 0 Å². The van der Waals surface area contributed by atoms with Crippen LogP contribution in [0.25, 0.3) is 0 Å². The molecular formula is C20H28N6OS. The predicted molar refractivity (Wildman–Crippen MR) is 112 cm³/mol. The monoisotopic (exact) mass is 400 g/mol. The zero-order chi connectivity index (χ0) is 19.3. The zero-order valence-corrected chi connectivity index (χ0v) is 17.2. The number of likely N-dealkylation sites (tertiary alicyclic amines) is 1. The first kappa shape index (κ1) is 19.3. The van der Waals surface area contributed by atoms with Crippen LogP contribution < -0.4 is 4.90 Å². The molecule has 7 nitrogen and oxygen atoms in total. The molecule has 0 N–H and O–H groups in total. The van der Waals surface area contributed by atoms with Crippen molar-refractivity contribution < 1.29 is 4.79 Å². The Labute approximate surface area is 170 Å². The number of benzene rings is 1. The van der Waals surface area contributed by atoms with Gasteiger partial charge in [-0.2, -0.15) is 0 Å². The van der Waals surface area contributed by atoms with Crippen LogP contribution in [0.5, 0.6) is 0 Å². The Morgan fingerprint density at radius 2 is 1.93 bits per heavy atom. The summed E-state index contributed by atoms with van der Waals surface area (Å²) in [6.07, 6.45) is 3.94. The molecule has 3 heterocycles. The third-order valence-corrected chi connectivity index (χ3v) is 6.71. The number of thioether (sulfide) groups is 1. The second-order valence-electron chi connectivity index (χ2n) is 7.51. The van der Waals surface area contributed by atoms with E-state index in [0.717, 1.165) is 50.8 Å². The first-order valence-electron chi connectivity index (χ1n) is 9.99. The molecule has 1 atom stereocenters. The number of rotatable bonds is 5. The van der Waals surface area contributed by atoms with Crippen molar-refractivity contribution in [2.75, 3.05) is 49.9 Å². The lowest BCUT2D eigenvalue weighted by molar-refractivity contribution is -0.130. The fourth-order valence-electron chi connectivity index (χ4n) is 4.08. The summed E-state index contributed by atoms with van der Waals surface area (Å²) in [6, 6.07) is 11.1. The maximum absolute atomic E-state index is 12.7. The van der Waals surface area contributed by atoms with E-state index in [1.54, 1.807) is 6.33 Å². The Hall–Kier alpha value is -2.06. The Balaban J connectivity index is 1.27. The van der Waals surface area contributed by atoms with Crippen molar-refractivity contribution in [2.24, 2.45) is 7.05 Å². The van der Waals surface area contributed by atoms with Gasteiger partial charge in [0.25, 0.3) is 0 Å². The first-order chi connectivity index (χ1) is 13.7. The Morgan fingerprint density at radius 1 is 1.14 bits per heavy atom. The van der Waals surface area contributed by atoms with Crippen LogP contribution in [0.3, 0.4) is 0 Å².